The Labute approximate surface area is 108 Å². The number of piperidine rings is 1. The van der Waals surface area contributed by atoms with Crippen LogP contribution in [0, 0.1) is 5.92 Å². The number of benzene rings is 1. The van der Waals surface area contributed by atoms with Gasteiger partial charge in [0.1, 0.15) is 0 Å². The van der Waals surface area contributed by atoms with Crippen molar-refractivity contribution >= 4 is 11.6 Å². The second kappa shape index (κ2) is 5.56. The summed E-state index contributed by atoms with van der Waals surface area (Å²) in [5, 5.41) is 0. The van der Waals surface area contributed by atoms with Gasteiger partial charge in [0.15, 0.2) is 0 Å². The van der Waals surface area contributed by atoms with Crippen molar-refractivity contribution in [3.63, 3.8) is 0 Å². The predicted molar refractivity (Wildman–Crippen MR) is 73.2 cm³/mol. The maximum atomic E-state index is 12.3. The largest absolute Gasteiger partial charge is 0.398 e. The predicted octanol–water partition coefficient (Wildman–Crippen LogP) is 2.46. The molecule has 0 atom stereocenters. The average Bonchev–Trinajstić information content (AvgIpc) is 2.40. The molecule has 1 aromatic rings. The molecule has 1 aromatic carbocycles. The lowest BCUT2D eigenvalue weighted by Gasteiger charge is -2.30. The summed E-state index contributed by atoms with van der Waals surface area (Å²) >= 11 is 0. The SMILES string of the molecule is C=C=CC1CCN(C(=O)c2ccccc2N)CC1. The van der Waals surface area contributed by atoms with E-state index in [0.29, 0.717) is 17.2 Å². The molecule has 94 valence electrons. The molecule has 18 heavy (non-hydrogen) atoms. The topological polar surface area (TPSA) is 46.3 Å². The lowest BCUT2D eigenvalue weighted by molar-refractivity contribution is 0.0706. The first-order valence-electron chi connectivity index (χ1n) is 6.22. The lowest BCUT2D eigenvalue weighted by atomic mass is 9.96. The van der Waals surface area contributed by atoms with Gasteiger partial charge in [-0.1, -0.05) is 18.7 Å². The van der Waals surface area contributed by atoms with Crippen LogP contribution >= 0.6 is 0 Å². The summed E-state index contributed by atoms with van der Waals surface area (Å²) in [5.41, 5.74) is 9.81. The number of nitrogen functional groups attached to an aromatic ring is 1. The number of allylic oxidation sites excluding steroid dienone is 1. The van der Waals surface area contributed by atoms with Crippen molar-refractivity contribution in [2.45, 2.75) is 12.8 Å². The summed E-state index contributed by atoms with van der Waals surface area (Å²) in [5.74, 6) is 0.536. The van der Waals surface area contributed by atoms with Crippen LogP contribution in [0.5, 0.6) is 0 Å². The molecule has 0 radical (unpaired) electrons. The molecule has 0 bridgehead atoms. The Morgan fingerprint density at radius 3 is 2.67 bits per heavy atom. The number of hydrogen-bond donors (Lipinski definition) is 1. The van der Waals surface area contributed by atoms with Crippen LogP contribution in [0.4, 0.5) is 5.69 Å². The number of hydrogen-bond acceptors (Lipinski definition) is 2. The molecule has 1 aliphatic rings. The number of para-hydroxylation sites is 1. The smallest absolute Gasteiger partial charge is 0.255 e. The second-order valence-corrected chi connectivity index (χ2v) is 4.59. The van der Waals surface area contributed by atoms with Crippen molar-refractivity contribution in [1.82, 2.24) is 4.90 Å². The maximum Gasteiger partial charge on any atom is 0.255 e. The van der Waals surface area contributed by atoms with Crippen molar-refractivity contribution in [2.24, 2.45) is 5.92 Å². The van der Waals surface area contributed by atoms with Crippen LogP contribution < -0.4 is 5.73 Å². The van der Waals surface area contributed by atoms with E-state index in [1.54, 1.807) is 12.1 Å². The number of carbonyl (C=O) groups excluding carboxylic acids is 1. The van der Waals surface area contributed by atoms with Crippen LogP contribution in [0.2, 0.25) is 0 Å². The molecule has 0 unspecified atom stereocenters. The first-order chi connectivity index (χ1) is 8.72. The third kappa shape index (κ3) is 2.63. The number of nitrogens with zero attached hydrogens (tertiary/aromatic N) is 1. The van der Waals surface area contributed by atoms with Gasteiger partial charge in [0.2, 0.25) is 0 Å². The zero-order valence-corrected chi connectivity index (χ0v) is 10.4. The molecule has 0 spiro atoms. The number of likely N-dealkylation sites (tertiary alicyclic amines) is 1. The fraction of sp³-hybridized carbons (Fsp3) is 0.333. The van der Waals surface area contributed by atoms with E-state index in [0.717, 1.165) is 25.9 Å². The zero-order valence-electron chi connectivity index (χ0n) is 10.4. The van der Waals surface area contributed by atoms with E-state index >= 15 is 0 Å². The molecule has 0 aromatic heterocycles. The molecule has 1 heterocycles. The van der Waals surface area contributed by atoms with Crippen LogP contribution in [-0.4, -0.2) is 23.9 Å². The number of amides is 1. The molecular weight excluding hydrogens is 224 g/mol. The number of carbonyl (C=O) groups is 1. The van der Waals surface area contributed by atoms with Crippen LogP contribution in [0.1, 0.15) is 23.2 Å². The molecule has 2 rings (SSSR count). The normalized spacial score (nSPS) is 16.1. The van der Waals surface area contributed by atoms with E-state index in [1.807, 2.05) is 23.1 Å². The summed E-state index contributed by atoms with van der Waals surface area (Å²) in [6.45, 7) is 5.14. The molecule has 3 nitrogen and oxygen atoms in total. The van der Waals surface area contributed by atoms with Gasteiger partial charge in [-0.25, -0.2) is 0 Å². The van der Waals surface area contributed by atoms with E-state index in [2.05, 4.69) is 12.3 Å². The molecule has 1 amide bonds. The fourth-order valence-electron chi connectivity index (χ4n) is 2.30. The fourth-order valence-corrected chi connectivity index (χ4v) is 2.30. The Morgan fingerprint density at radius 2 is 2.06 bits per heavy atom. The van der Waals surface area contributed by atoms with Gasteiger partial charge in [0, 0.05) is 18.8 Å². The first kappa shape index (κ1) is 12.5. The van der Waals surface area contributed by atoms with Gasteiger partial charge in [0.05, 0.1) is 5.56 Å². The summed E-state index contributed by atoms with van der Waals surface area (Å²) < 4.78 is 0. The third-order valence-electron chi connectivity index (χ3n) is 3.37. The van der Waals surface area contributed by atoms with Crippen LogP contribution in [0.25, 0.3) is 0 Å². The number of rotatable bonds is 2. The monoisotopic (exact) mass is 242 g/mol. The molecule has 3 heteroatoms. The van der Waals surface area contributed by atoms with E-state index in [-0.39, 0.29) is 5.91 Å². The Bertz CT molecular complexity index is 481. The zero-order chi connectivity index (χ0) is 13.0. The highest BCUT2D eigenvalue weighted by atomic mass is 16.2. The third-order valence-corrected chi connectivity index (χ3v) is 3.37. The average molecular weight is 242 g/mol. The van der Waals surface area contributed by atoms with Crippen molar-refractivity contribution in [3.8, 4) is 0 Å². The maximum absolute atomic E-state index is 12.3. The van der Waals surface area contributed by atoms with Crippen LogP contribution in [0.15, 0.2) is 42.7 Å². The highest BCUT2D eigenvalue weighted by molar-refractivity contribution is 5.99. The minimum Gasteiger partial charge on any atom is -0.398 e. The highest BCUT2D eigenvalue weighted by Gasteiger charge is 2.23. The van der Waals surface area contributed by atoms with Crippen molar-refractivity contribution in [3.05, 3.63) is 48.2 Å². The van der Waals surface area contributed by atoms with E-state index in [4.69, 9.17) is 5.73 Å². The molecule has 0 aliphatic carbocycles. The van der Waals surface area contributed by atoms with E-state index < -0.39 is 0 Å². The minimum absolute atomic E-state index is 0.0362. The first-order valence-corrected chi connectivity index (χ1v) is 6.22. The van der Waals surface area contributed by atoms with Crippen molar-refractivity contribution < 1.29 is 4.79 Å². The molecule has 1 aliphatic heterocycles. The molecular formula is C15H18N2O. The molecule has 1 fully saturated rings. The van der Waals surface area contributed by atoms with Gasteiger partial charge >= 0.3 is 0 Å². The number of nitrogens with two attached hydrogens (primary N) is 1. The Morgan fingerprint density at radius 1 is 1.39 bits per heavy atom. The van der Waals surface area contributed by atoms with Crippen molar-refractivity contribution in [2.75, 3.05) is 18.8 Å². The summed E-state index contributed by atoms with van der Waals surface area (Å²) in [7, 11) is 0. The van der Waals surface area contributed by atoms with Crippen molar-refractivity contribution in [1.29, 1.82) is 0 Å². The lowest BCUT2D eigenvalue weighted by Crippen LogP contribution is -2.38. The van der Waals surface area contributed by atoms with E-state index in [1.165, 1.54) is 0 Å². The van der Waals surface area contributed by atoms with Crippen LogP contribution in [0.3, 0.4) is 0 Å². The second-order valence-electron chi connectivity index (χ2n) is 4.59. The molecule has 0 saturated carbocycles. The Balaban J connectivity index is 2.04. The van der Waals surface area contributed by atoms with Gasteiger partial charge in [-0.05, 0) is 37.0 Å². The summed E-state index contributed by atoms with van der Waals surface area (Å²) in [6, 6.07) is 7.23. The van der Waals surface area contributed by atoms with Gasteiger partial charge in [-0.15, -0.1) is 5.73 Å². The van der Waals surface area contributed by atoms with Gasteiger partial charge in [-0.2, -0.15) is 0 Å². The summed E-state index contributed by atoms with van der Waals surface area (Å²) in [4.78, 5) is 14.2. The van der Waals surface area contributed by atoms with Gasteiger partial charge in [0.25, 0.3) is 5.91 Å². The number of anilines is 1. The highest BCUT2D eigenvalue weighted by Crippen LogP contribution is 2.21. The Kier molecular flexibility index (Phi) is 3.85. The summed E-state index contributed by atoms with van der Waals surface area (Å²) in [6.07, 6.45) is 3.95. The molecule has 1 saturated heterocycles. The Hall–Kier alpha value is -1.99. The van der Waals surface area contributed by atoms with Crippen LogP contribution in [-0.2, 0) is 0 Å². The van der Waals surface area contributed by atoms with E-state index in [9.17, 15) is 4.79 Å². The quantitative estimate of drug-likeness (QED) is 0.639. The minimum atomic E-state index is 0.0362. The van der Waals surface area contributed by atoms with Gasteiger partial charge in [-0.3, -0.25) is 4.79 Å². The standard InChI is InChI=1S/C15H18N2O/c1-2-5-12-8-10-17(11-9-12)15(18)13-6-3-4-7-14(13)16/h3-7,12H,1,8-11,16H2. The molecule has 2 N–H and O–H groups in total. The van der Waals surface area contributed by atoms with Gasteiger partial charge < -0.3 is 10.6 Å².